The summed E-state index contributed by atoms with van der Waals surface area (Å²) in [5.74, 6) is 2.40. The first-order valence-corrected chi connectivity index (χ1v) is 9.87. The molecule has 0 unspecified atom stereocenters. The number of aliphatic hydroxyl groups is 1. The zero-order valence-corrected chi connectivity index (χ0v) is 15.1. The van der Waals surface area contributed by atoms with Crippen molar-refractivity contribution in [1.82, 2.24) is 19.5 Å². The van der Waals surface area contributed by atoms with Crippen LogP contribution in [-0.4, -0.2) is 47.5 Å². The maximum Gasteiger partial charge on any atom is 0.240 e. The first-order valence-electron chi connectivity index (χ1n) is 8.39. The fourth-order valence-electron chi connectivity index (χ4n) is 3.27. The van der Waals surface area contributed by atoms with Crippen LogP contribution in [0.15, 0.2) is 23.1 Å². The number of fused-ring (bicyclic) bond motifs is 1. The van der Waals surface area contributed by atoms with Gasteiger partial charge in [-0.2, -0.15) is 0 Å². The molecule has 2 aromatic rings. The van der Waals surface area contributed by atoms with Crippen LogP contribution in [0.2, 0.25) is 0 Å². The third kappa shape index (κ3) is 3.04. The van der Waals surface area contributed by atoms with Crippen LogP contribution < -0.4 is 14.2 Å². The predicted molar refractivity (Wildman–Crippen MR) is 90.4 cm³/mol. The second kappa shape index (κ2) is 6.53. The van der Waals surface area contributed by atoms with Gasteiger partial charge in [0.2, 0.25) is 10.0 Å². The molecule has 4 rings (SSSR count). The first-order chi connectivity index (χ1) is 12.5. The van der Waals surface area contributed by atoms with E-state index in [1.54, 1.807) is 17.7 Å². The van der Waals surface area contributed by atoms with Crippen molar-refractivity contribution < 1.29 is 23.0 Å². The van der Waals surface area contributed by atoms with E-state index in [4.69, 9.17) is 9.47 Å². The molecule has 1 aliphatic heterocycles. The van der Waals surface area contributed by atoms with Gasteiger partial charge in [0.05, 0.1) is 4.90 Å². The van der Waals surface area contributed by atoms with E-state index < -0.39 is 10.0 Å². The molecule has 1 saturated carbocycles. The average molecular weight is 380 g/mol. The van der Waals surface area contributed by atoms with Crippen LogP contribution in [-0.2, 0) is 23.7 Å². The van der Waals surface area contributed by atoms with Gasteiger partial charge in [0, 0.05) is 25.1 Å². The van der Waals surface area contributed by atoms with E-state index >= 15 is 0 Å². The van der Waals surface area contributed by atoms with Crippen molar-refractivity contribution in [2.24, 2.45) is 7.05 Å². The lowest BCUT2D eigenvalue weighted by Gasteiger charge is -2.34. The van der Waals surface area contributed by atoms with E-state index in [2.05, 4.69) is 14.9 Å². The number of rotatable bonds is 5. The molecule has 1 aromatic heterocycles. The first kappa shape index (κ1) is 17.3. The molecular formula is C16H20N4O5S. The quantitative estimate of drug-likeness (QED) is 0.767. The highest BCUT2D eigenvalue weighted by Crippen LogP contribution is 2.37. The number of hydrogen-bond donors (Lipinski definition) is 2. The summed E-state index contributed by atoms with van der Waals surface area (Å²) >= 11 is 0. The summed E-state index contributed by atoms with van der Waals surface area (Å²) in [7, 11) is -1.84. The van der Waals surface area contributed by atoms with Crippen molar-refractivity contribution >= 4 is 10.0 Å². The Morgan fingerprint density at radius 3 is 2.65 bits per heavy atom. The molecule has 1 aliphatic carbocycles. The molecule has 0 bridgehead atoms. The van der Waals surface area contributed by atoms with Crippen LogP contribution >= 0.6 is 0 Å². The molecule has 9 nitrogen and oxygen atoms in total. The van der Waals surface area contributed by atoms with Crippen LogP contribution in [0.1, 0.15) is 30.4 Å². The van der Waals surface area contributed by atoms with E-state index in [0.717, 1.165) is 5.82 Å². The summed E-state index contributed by atoms with van der Waals surface area (Å²) in [4.78, 5) is 0.159. The lowest BCUT2D eigenvalue weighted by atomic mass is 9.80. The van der Waals surface area contributed by atoms with Gasteiger partial charge in [0.15, 0.2) is 17.3 Å². The van der Waals surface area contributed by atoms with Gasteiger partial charge >= 0.3 is 0 Å². The van der Waals surface area contributed by atoms with E-state index in [0.29, 0.717) is 43.4 Å². The Labute approximate surface area is 151 Å². The Hall–Kier alpha value is -2.17. The van der Waals surface area contributed by atoms with Crippen LogP contribution in [0.3, 0.4) is 0 Å². The Morgan fingerprint density at radius 2 is 1.96 bits per heavy atom. The fourth-order valence-corrected chi connectivity index (χ4v) is 4.55. The maximum atomic E-state index is 12.6. The van der Waals surface area contributed by atoms with E-state index in [9.17, 15) is 13.5 Å². The van der Waals surface area contributed by atoms with Crippen LogP contribution in [0.25, 0.3) is 0 Å². The summed E-state index contributed by atoms with van der Waals surface area (Å²) in [6.07, 6.45) is 1.28. The number of hydrogen-bond acceptors (Lipinski definition) is 7. The Balaban J connectivity index is 1.42. The number of aliphatic hydroxyl groups excluding tert-OH is 1. The second-order valence-electron chi connectivity index (χ2n) is 6.48. The molecule has 1 aromatic carbocycles. The molecular weight excluding hydrogens is 360 g/mol. The fraction of sp³-hybridized carbons (Fsp3) is 0.500. The van der Waals surface area contributed by atoms with Crippen LogP contribution in [0.5, 0.6) is 11.5 Å². The largest absolute Gasteiger partial charge is 0.486 e. The standard InChI is InChI=1S/C16H20N4O5S/c1-20-15(9-21)17-18-16(20)10-6-11(7-10)19-26(22,23)12-2-3-13-14(8-12)25-5-4-24-13/h2-3,8,10-11,19,21H,4-7,9H2,1H3. The molecule has 26 heavy (non-hydrogen) atoms. The summed E-state index contributed by atoms with van der Waals surface area (Å²) in [5, 5.41) is 17.2. The lowest BCUT2D eigenvalue weighted by Crippen LogP contribution is -2.43. The van der Waals surface area contributed by atoms with E-state index in [-0.39, 0.29) is 23.5 Å². The van der Waals surface area contributed by atoms with Crippen LogP contribution in [0.4, 0.5) is 0 Å². The Bertz CT molecular complexity index is 921. The molecule has 1 fully saturated rings. The predicted octanol–water partition coefficient (Wildman–Crippen LogP) is 0.303. The van der Waals surface area contributed by atoms with Crippen molar-refractivity contribution in [3.05, 3.63) is 29.8 Å². The summed E-state index contributed by atoms with van der Waals surface area (Å²) < 4.78 is 40.6. The van der Waals surface area contributed by atoms with E-state index in [1.165, 1.54) is 12.1 Å². The van der Waals surface area contributed by atoms with Crippen LogP contribution in [0, 0.1) is 0 Å². The second-order valence-corrected chi connectivity index (χ2v) is 8.20. The van der Waals surface area contributed by atoms with Crippen molar-refractivity contribution in [2.45, 2.75) is 36.3 Å². The maximum absolute atomic E-state index is 12.6. The molecule has 2 aliphatic rings. The highest BCUT2D eigenvalue weighted by Gasteiger charge is 2.36. The number of nitrogens with zero attached hydrogens (tertiary/aromatic N) is 3. The highest BCUT2D eigenvalue weighted by molar-refractivity contribution is 7.89. The highest BCUT2D eigenvalue weighted by atomic mass is 32.2. The van der Waals surface area contributed by atoms with Gasteiger partial charge in [0.1, 0.15) is 25.6 Å². The number of ether oxygens (including phenoxy) is 2. The average Bonchev–Trinajstić information content (AvgIpc) is 2.97. The number of nitrogens with one attached hydrogen (secondary N) is 1. The number of sulfonamides is 1. The van der Waals surface area contributed by atoms with Gasteiger partial charge in [-0.15, -0.1) is 10.2 Å². The Kier molecular flexibility index (Phi) is 4.33. The van der Waals surface area contributed by atoms with E-state index in [1.807, 2.05) is 0 Å². The summed E-state index contributed by atoms with van der Waals surface area (Å²) in [6.45, 7) is 0.693. The van der Waals surface area contributed by atoms with Gasteiger partial charge in [0.25, 0.3) is 0 Å². The molecule has 0 amide bonds. The smallest absolute Gasteiger partial charge is 0.240 e. The zero-order chi connectivity index (χ0) is 18.3. The zero-order valence-electron chi connectivity index (χ0n) is 14.3. The molecule has 140 valence electrons. The number of benzene rings is 1. The minimum atomic E-state index is -3.64. The molecule has 10 heteroatoms. The van der Waals surface area contributed by atoms with Gasteiger partial charge in [-0.1, -0.05) is 0 Å². The van der Waals surface area contributed by atoms with Crippen molar-refractivity contribution in [1.29, 1.82) is 0 Å². The molecule has 0 spiro atoms. The van der Waals surface area contributed by atoms with Crippen molar-refractivity contribution in [2.75, 3.05) is 13.2 Å². The normalized spacial score (nSPS) is 22.1. The third-order valence-corrected chi connectivity index (χ3v) is 6.31. The molecule has 2 heterocycles. The van der Waals surface area contributed by atoms with Gasteiger partial charge < -0.3 is 19.1 Å². The molecule has 0 saturated heterocycles. The lowest BCUT2D eigenvalue weighted by molar-refractivity contribution is 0.171. The Morgan fingerprint density at radius 1 is 1.23 bits per heavy atom. The molecule has 2 N–H and O–H groups in total. The van der Waals surface area contributed by atoms with Crippen molar-refractivity contribution in [3.63, 3.8) is 0 Å². The van der Waals surface area contributed by atoms with Gasteiger partial charge in [-0.05, 0) is 25.0 Å². The minimum Gasteiger partial charge on any atom is -0.486 e. The minimum absolute atomic E-state index is 0.126. The van der Waals surface area contributed by atoms with Gasteiger partial charge in [-0.3, -0.25) is 0 Å². The van der Waals surface area contributed by atoms with Gasteiger partial charge in [-0.25, -0.2) is 13.1 Å². The summed E-state index contributed by atoms with van der Waals surface area (Å²) in [6, 6.07) is 4.46. The third-order valence-electron chi connectivity index (χ3n) is 4.79. The number of aromatic nitrogens is 3. The topological polar surface area (TPSA) is 116 Å². The monoisotopic (exact) mass is 380 g/mol. The SMILES string of the molecule is Cn1c(CO)nnc1C1CC(NS(=O)(=O)c2ccc3c(c2)OCCO3)C1. The molecule has 0 radical (unpaired) electrons. The molecule has 0 atom stereocenters. The summed E-state index contributed by atoms with van der Waals surface area (Å²) in [5.41, 5.74) is 0. The van der Waals surface area contributed by atoms with Crippen molar-refractivity contribution in [3.8, 4) is 11.5 Å².